The number of rotatable bonds is 5. The van der Waals surface area contributed by atoms with Crippen molar-refractivity contribution < 1.29 is 18.7 Å². The predicted octanol–water partition coefficient (Wildman–Crippen LogP) is 1.98. The van der Waals surface area contributed by atoms with Gasteiger partial charge in [-0.05, 0) is 29.8 Å². The summed E-state index contributed by atoms with van der Waals surface area (Å²) in [5, 5.41) is 2.68. The molecule has 2 aromatic heterocycles. The lowest BCUT2D eigenvalue weighted by Crippen LogP contribution is -2.50. The van der Waals surface area contributed by atoms with E-state index in [0.717, 1.165) is 6.08 Å². The second kappa shape index (κ2) is 9.06. The third kappa shape index (κ3) is 4.57. The number of carbonyl (C=O) groups excluding carboxylic acids is 2. The van der Waals surface area contributed by atoms with E-state index in [1.807, 2.05) is 0 Å². The predicted molar refractivity (Wildman–Crippen MR) is 104 cm³/mol. The molecule has 2 aromatic rings. The molecule has 0 unspecified atom stereocenters. The van der Waals surface area contributed by atoms with Crippen molar-refractivity contribution in [1.82, 2.24) is 25.2 Å². The SMILES string of the molecule is C=CC(=O)N1C[C@H](c2cc(Cl)nc(-c3cc(C(=O)NC)ncn3)c2)OC[C@H]1CF. The summed E-state index contributed by atoms with van der Waals surface area (Å²) in [6, 6.07) is 4.16. The van der Waals surface area contributed by atoms with Crippen LogP contribution in [0.15, 0.2) is 37.2 Å². The quantitative estimate of drug-likeness (QED) is 0.588. The van der Waals surface area contributed by atoms with Crippen molar-refractivity contribution in [3.63, 3.8) is 0 Å². The van der Waals surface area contributed by atoms with Crippen LogP contribution in [0.4, 0.5) is 4.39 Å². The number of pyridine rings is 1. The molecular weight excluding hydrogens is 401 g/mol. The van der Waals surface area contributed by atoms with Crippen LogP contribution < -0.4 is 5.32 Å². The van der Waals surface area contributed by atoms with Gasteiger partial charge in [0, 0.05) is 7.05 Å². The number of hydrogen-bond donors (Lipinski definition) is 1. The lowest BCUT2D eigenvalue weighted by atomic mass is 10.0. The van der Waals surface area contributed by atoms with Gasteiger partial charge in [0.1, 0.15) is 30.0 Å². The number of alkyl halides is 1. The first-order valence-electron chi connectivity index (χ1n) is 8.79. The fourth-order valence-corrected chi connectivity index (χ4v) is 3.21. The number of aromatic nitrogens is 3. The summed E-state index contributed by atoms with van der Waals surface area (Å²) in [4.78, 5) is 37.6. The molecule has 1 N–H and O–H groups in total. The molecule has 1 aliphatic heterocycles. The molecule has 8 nitrogen and oxygen atoms in total. The molecule has 3 heterocycles. The number of amides is 2. The van der Waals surface area contributed by atoms with Crippen molar-refractivity contribution in [1.29, 1.82) is 0 Å². The third-order valence-corrected chi connectivity index (χ3v) is 4.70. The van der Waals surface area contributed by atoms with Crippen LogP contribution in [0.25, 0.3) is 11.4 Å². The van der Waals surface area contributed by atoms with E-state index in [4.69, 9.17) is 16.3 Å². The molecule has 152 valence electrons. The van der Waals surface area contributed by atoms with E-state index in [9.17, 15) is 14.0 Å². The maximum Gasteiger partial charge on any atom is 0.269 e. The minimum Gasteiger partial charge on any atom is -0.369 e. The van der Waals surface area contributed by atoms with Crippen LogP contribution in [0.3, 0.4) is 0 Å². The van der Waals surface area contributed by atoms with E-state index in [-0.39, 0.29) is 35.8 Å². The molecule has 1 fully saturated rings. The van der Waals surface area contributed by atoms with Crippen LogP contribution in [0, 0.1) is 0 Å². The van der Waals surface area contributed by atoms with Gasteiger partial charge in [0.2, 0.25) is 5.91 Å². The van der Waals surface area contributed by atoms with Crippen molar-refractivity contribution in [3.05, 3.63) is 53.6 Å². The normalized spacial score (nSPS) is 18.9. The highest BCUT2D eigenvalue weighted by Gasteiger charge is 2.32. The van der Waals surface area contributed by atoms with Gasteiger partial charge < -0.3 is 15.0 Å². The average molecular weight is 420 g/mol. The largest absolute Gasteiger partial charge is 0.369 e. The van der Waals surface area contributed by atoms with E-state index in [2.05, 4.69) is 26.8 Å². The number of nitrogens with zero attached hydrogens (tertiary/aromatic N) is 4. The lowest BCUT2D eigenvalue weighted by molar-refractivity contribution is -0.141. The fraction of sp³-hybridized carbons (Fsp3) is 0.316. The summed E-state index contributed by atoms with van der Waals surface area (Å²) in [5.41, 5.74) is 1.65. The Morgan fingerprint density at radius 3 is 2.86 bits per heavy atom. The van der Waals surface area contributed by atoms with E-state index >= 15 is 0 Å². The average Bonchev–Trinajstić information content (AvgIpc) is 2.77. The molecular formula is C19H19ClFN5O3. The molecule has 10 heteroatoms. The van der Waals surface area contributed by atoms with Crippen LogP contribution in [0.5, 0.6) is 0 Å². The Bertz CT molecular complexity index is 942. The molecule has 29 heavy (non-hydrogen) atoms. The number of hydrogen-bond acceptors (Lipinski definition) is 6. The van der Waals surface area contributed by atoms with Crippen molar-refractivity contribution >= 4 is 23.4 Å². The second-order valence-electron chi connectivity index (χ2n) is 6.30. The molecule has 0 bridgehead atoms. The summed E-state index contributed by atoms with van der Waals surface area (Å²) < 4.78 is 19.0. The molecule has 0 radical (unpaired) electrons. The standard InChI is InChI=1S/C19H19ClFN5O3/c1-3-18(27)26-8-16(29-9-12(26)7-21)11-4-14(25-17(20)5-11)13-6-15(19(28)22-2)24-10-23-13/h3-6,10,12,16H,1,7-9H2,2H3,(H,22,28)/t12-,16-/m1/s1. The van der Waals surface area contributed by atoms with Gasteiger partial charge >= 0.3 is 0 Å². The van der Waals surface area contributed by atoms with Gasteiger partial charge in [0.15, 0.2) is 0 Å². The Balaban J connectivity index is 1.92. The number of halogens is 2. The van der Waals surface area contributed by atoms with Crippen LogP contribution in [-0.2, 0) is 9.53 Å². The maximum absolute atomic E-state index is 13.3. The highest BCUT2D eigenvalue weighted by atomic mass is 35.5. The van der Waals surface area contributed by atoms with Gasteiger partial charge in [-0.3, -0.25) is 9.59 Å². The Labute approximate surface area is 171 Å². The smallest absolute Gasteiger partial charge is 0.269 e. The molecule has 0 saturated carbocycles. The van der Waals surface area contributed by atoms with Crippen LogP contribution in [0.2, 0.25) is 5.15 Å². The van der Waals surface area contributed by atoms with Gasteiger partial charge in [-0.15, -0.1) is 0 Å². The first-order chi connectivity index (χ1) is 14.0. The highest BCUT2D eigenvalue weighted by Crippen LogP contribution is 2.29. The van der Waals surface area contributed by atoms with E-state index < -0.39 is 18.8 Å². The first kappa shape index (κ1) is 20.8. The minimum absolute atomic E-state index is 0.0460. The van der Waals surface area contributed by atoms with E-state index in [1.165, 1.54) is 24.3 Å². The number of morpholine rings is 1. The fourth-order valence-electron chi connectivity index (χ4n) is 3.00. The van der Waals surface area contributed by atoms with Gasteiger partial charge in [-0.2, -0.15) is 0 Å². The first-order valence-corrected chi connectivity index (χ1v) is 9.17. The molecule has 1 aliphatic rings. The summed E-state index contributed by atoms with van der Waals surface area (Å²) >= 11 is 6.18. The van der Waals surface area contributed by atoms with Crippen molar-refractivity contribution in [2.75, 3.05) is 26.9 Å². The Hall–Kier alpha value is -2.91. The Morgan fingerprint density at radius 2 is 2.17 bits per heavy atom. The zero-order chi connectivity index (χ0) is 21.0. The molecule has 0 spiro atoms. The summed E-state index contributed by atoms with van der Waals surface area (Å²) in [6.45, 7) is 2.95. The van der Waals surface area contributed by atoms with Crippen LogP contribution in [-0.4, -0.2) is 64.6 Å². The second-order valence-corrected chi connectivity index (χ2v) is 6.69. The van der Waals surface area contributed by atoms with Crippen LogP contribution >= 0.6 is 11.6 Å². The van der Waals surface area contributed by atoms with E-state index in [0.29, 0.717) is 17.0 Å². The molecule has 3 rings (SSSR count). The van der Waals surface area contributed by atoms with Crippen molar-refractivity contribution in [2.24, 2.45) is 0 Å². The summed E-state index contributed by atoms with van der Waals surface area (Å²) in [7, 11) is 1.50. The lowest BCUT2D eigenvalue weighted by Gasteiger charge is -2.38. The molecule has 0 aromatic carbocycles. The summed E-state index contributed by atoms with van der Waals surface area (Å²) in [5.74, 6) is -0.727. The highest BCUT2D eigenvalue weighted by molar-refractivity contribution is 6.29. The Kier molecular flexibility index (Phi) is 6.50. The molecule has 2 amide bonds. The van der Waals surface area contributed by atoms with E-state index in [1.54, 1.807) is 12.1 Å². The Morgan fingerprint density at radius 1 is 1.38 bits per heavy atom. The number of ether oxygens (including phenoxy) is 1. The third-order valence-electron chi connectivity index (χ3n) is 4.51. The minimum atomic E-state index is -0.710. The van der Waals surface area contributed by atoms with Crippen molar-refractivity contribution in [2.45, 2.75) is 12.1 Å². The molecule has 2 atom stereocenters. The maximum atomic E-state index is 13.3. The zero-order valence-electron chi connectivity index (χ0n) is 15.6. The van der Waals surface area contributed by atoms with Crippen molar-refractivity contribution in [3.8, 4) is 11.4 Å². The topological polar surface area (TPSA) is 97.3 Å². The van der Waals surface area contributed by atoms with Crippen LogP contribution in [0.1, 0.15) is 22.2 Å². The zero-order valence-corrected chi connectivity index (χ0v) is 16.4. The molecule has 0 aliphatic carbocycles. The summed E-state index contributed by atoms with van der Waals surface area (Å²) in [6.07, 6.45) is 1.88. The number of nitrogens with one attached hydrogen (secondary N) is 1. The number of carbonyl (C=O) groups is 2. The van der Waals surface area contributed by atoms with Gasteiger partial charge in [-0.1, -0.05) is 18.2 Å². The molecule has 1 saturated heterocycles. The van der Waals surface area contributed by atoms with Gasteiger partial charge in [0.25, 0.3) is 5.91 Å². The van der Waals surface area contributed by atoms with Gasteiger partial charge in [-0.25, -0.2) is 19.3 Å². The monoisotopic (exact) mass is 419 g/mol. The van der Waals surface area contributed by atoms with Gasteiger partial charge in [0.05, 0.1) is 30.6 Å².